The number of hydrogen-bond acceptors (Lipinski definition) is 6. The van der Waals surface area contributed by atoms with Crippen molar-refractivity contribution in [3.05, 3.63) is 36.0 Å². The van der Waals surface area contributed by atoms with Crippen LogP contribution in [0.5, 0.6) is 0 Å². The average molecular weight is 611 g/mol. The number of amides is 5. The number of rotatable bonds is 7. The van der Waals surface area contributed by atoms with Crippen LogP contribution in [-0.2, 0) is 35.2 Å². The van der Waals surface area contributed by atoms with Gasteiger partial charge in [-0.1, -0.05) is 45.9 Å². The van der Waals surface area contributed by atoms with E-state index in [1.807, 2.05) is 38.1 Å². The van der Waals surface area contributed by atoms with Crippen LogP contribution < -0.4 is 21.3 Å². The molecule has 13 heteroatoms. The molecule has 13 nitrogen and oxygen atoms in total. The Kier molecular flexibility index (Phi) is 10.3. The van der Waals surface area contributed by atoms with Crippen LogP contribution in [0.15, 0.2) is 30.5 Å². The van der Waals surface area contributed by atoms with Gasteiger partial charge in [-0.3, -0.25) is 28.8 Å². The van der Waals surface area contributed by atoms with Crippen molar-refractivity contribution in [3.63, 3.8) is 0 Å². The molecule has 1 aromatic carbocycles. The Hall–Kier alpha value is -4.42. The summed E-state index contributed by atoms with van der Waals surface area (Å²) in [5.74, 6) is -4.86. The van der Waals surface area contributed by atoms with Gasteiger partial charge in [-0.15, -0.1) is 0 Å². The van der Waals surface area contributed by atoms with Gasteiger partial charge in [-0.05, 0) is 42.7 Å². The third-order valence-corrected chi connectivity index (χ3v) is 8.15. The fourth-order valence-electron chi connectivity index (χ4n) is 5.90. The average Bonchev–Trinajstić information content (AvgIpc) is 3.61. The Morgan fingerprint density at radius 2 is 1.55 bits per heavy atom. The first kappa shape index (κ1) is 32.5. The number of aromatic amines is 1. The van der Waals surface area contributed by atoms with Crippen LogP contribution in [-0.4, -0.2) is 87.2 Å². The number of nitrogens with zero attached hydrogens (tertiary/aromatic N) is 1. The molecule has 0 saturated carbocycles. The predicted molar refractivity (Wildman–Crippen MR) is 161 cm³/mol. The second-order valence-electron chi connectivity index (χ2n) is 12.4. The van der Waals surface area contributed by atoms with Gasteiger partial charge in [0.25, 0.3) is 0 Å². The van der Waals surface area contributed by atoms with E-state index < -0.39 is 72.1 Å². The number of hydrogen-bond donors (Lipinski definition) is 6. The lowest BCUT2D eigenvalue weighted by Gasteiger charge is -2.30. The SMILES string of the molecule is CC(C)CC1NC(=O)C(C(C)C)NC(=O)[C@H]2CCCN2C(=O)[C@H](CC(=O)O)NC(=O)C(Cc2c[nH]c3ccccc23)NC1=O. The van der Waals surface area contributed by atoms with Gasteiger partial charge in [-0.25, -0.2) is 0 Å². The first-order chi connectivity index (χ1) is 20.8. The molecule has 5 amide bonds. The molecule has 2 aliphatic heterocycles. The summed E-state index contributed by atoms with van der Waals surface area (Å²) in [6, 6.07) is 1.79. The van der Waals surface area contributed by atoms with Gasteiger partial charge in [0, 0.05) is 30.1 Å². The number of H-pyrrole nitrogens is 1. The lowest BCUT2D eigenvalue weighted by molar-refractivity contribution is -0.146. The molecule has 1 aromatic heterocycles. The standard InChI is InChI=1S/C31H42N6O7/c1-16(2)12-21-27(40)33-22(13-18-15-32-20-9-6-5-8-19(18)20)28(41)35-23(14-25(38)39)31(44)37-11-7-10-24(37)29(42)36-26(17(3)4)30(43)34-21/h5-6,8-9,15-17,21-24,26,32H,7,10-14H2,1-4H3,(H,33,40)(H,34,43)(H,35,41)(H,36,42)(H,38,39)/t21?,22?,23-,24+,26?/m0/s1. The molecule has 0 aliphatic carbocycles. The number of carboxylic acid groups (broad SMARTS) is 1. The summed E-state index contributed by atoms with van der Waals surface area (Å²) in [6.45, 7) is 7.49. The quantitative estimate of drug-likeness (QED) is 0.268. The topological polar surface area (TPSA) is 190 Å². The van der Waals surface area contributed by atoms with Crippen molar-refractivity contribution < 1.29 is 33.9 Å². The molecule has 3 unspecified atom stereocenters. The van der Waals surface area contributed by atoms with Gasteiger partial charge in [0.05, 0.1) is 6.42 Å². The summed E-state index contributed by atoms with van der Waals surface area (Å²) in [5, 5.41) is 21.3. The normalized spacial score (nSPS) is 25.6. The fraction of sp³-hybridized carbons (Fsp3) is 0.548. The highest BCUT2D eigenvalue weighted by Gasteiger charge is 2.41. The van der Waals surface area contributed by atoms with E-state index in [1.54, 1.807) is 20.0 Å². The van der Waals surface area contributed by atoms with Gasteiger partial charge >= 0.3 is 5.97 Å². The van der Waals surface area contributed by atoms with Crippen LogP contribution in [0, 0.1) is 11.8 Å². The van der Waals surface area contributed by atoms with Crippen molar-refractivity contribution >= 4 is 46.4 Å². The first-order valence-corrected chi connectivity index (χ1v) is 15.1. The molecule has 4 rings (SSSR count). The number of nitrogens with one attached hydrogen (secondary N) is 5. The zero-order valence-electron chi connectivity index (χ0n) is 25.5. The van der Waals surface area contributed by atoms with Crippen molar-refractivity contribution in [2.24, 2.45) is 11.8 Å². The van der Waals surface area contributed by atoms with E-state index in [4.69, 9.17) is 0 Å². The Labute approximate surface area is 255 Å². The van der Waals surface area contributed by atoms with Crippen LogP contribution in [0.2, 0.25) is 0 Å². The zero-order chi connectivity index (χ0) is 32.1. The fourth-order valence-corrected chi connectivity index (χ4v) is 5.90. The minimum atomic E-state index is -1.48. The highest BCUT2D eigenvalue weighted by Crippen LogP contribution is 2.22. The molecule has 0 bridgehead atoms. The maximum atomic E-state index is 13.8. The molecule has 2 fully saturated rings. The van der Waals surface area contributed by atoms with E-state index in [0.717, 1.165) is 16.5 Å². The third kappa shape index (κ3) is 7.56. The molecule has 3 heterocycles. The van der Waals surface area contributed by atoms with E-state index in [0.29, 0.717) is 12.8 Å². The monoisotopic (exact) mass is 610 g/mol. The van der Waals surface area contributed by atoms with Crippen LogP contribution >= 0.6 is 0 Å². The molecule has 2 saturated heterocycles. The number of fused-ring (bicyclic) bond motifs is 2. The molecule has 5 atom stereocenters. The number of carbonyl (C=O) groups is 6. The molecular weight excluding hydrogens is 568 g/mol. The minimum absolute atomic E-state index is 0.00858. The highest BCUT2D eigenvalue weighted by molar-refractivity contribution is 5.99. The molecule has 2 aliphatic rings. The number of aliphatic carboxylic acids is 1. The molecule has 2 aromatic rings. The zero-order valence-corrected chi connectivity index (χ0v) is 25.5. The highest BCUT2D eigenvalue weighted by atomic mass is 16.4. The van der Waals surface area contributed by atoms with Crippen molar-refractivity contribution in [2.75, 3.05) is 6.54 Å². The predicted octanol–water partition coefficient (Wildman–Crippen LogP) is 0.831. The van der Waals surface area contributed by atoms with Crippen LogP contribution in [0.4, 0.5) is 0 Å². The van der Waals surface area contributed by atoms with Gasteiger partial charge in [-0.2, -0.15) is 0 Å². The maximum Gasteiger partial charge on any atom is 0.305 e. The molecule has 0 radical (unpaired) electrons. The summed E-state index contributed by atoms with van der Waals surface area (Å²) in [4.78, 5) is 84.4. The lowest BCUT2D eigenvalue weighted by Crippen LogP contribution is -2.59. The third-order valence-electron chi connectivity index (χ3n) is 8.15. The van der Waals surface area contributed by atoms with Gasteiger partial charge in [0.1, 0.15) is 30.2 Å². The maximum absolute atomic E-state index is 13.8. The lowest BCUT2D eigenvalue weighted by atomic mass is 9.98. The van der Waals surface area contributed by atoms with E-state index >= 15 is 0 Å². The number of para-hydroxylation sites is 1. The number of aromatic nitrogens is 1. The smallest absolute Gasteiger partial charge is 0.305 e. The molecular formula is C31H42N6O7. The van der Waals surface area contributed by atoms with E-state index in [-0.39, 0.29) is 31.2 Å². The van der Waals surface area contributed by atoms with Crippen LogP contribution in [0.3, 0.4) is 0 Å². The molecule has 0 spiro atoms. The second kappa shape index (κ2) is 13.9. The van der Waals surface area contributed by atoms with Crippen LogP contribution in [0.25, 0.3) is 10.9 Å². The van der Waals surface area contributed by atoms with E-state index in [2.05, 4.69) is 26.3 Å². The van der Waals surface area contributed by atoms with E-state index in [1.165, 1.54) is 4.90 Å². The Morgan fingerprint density at radius 3 is 2.23 bits per heavy atom. The van der Waals surface area contributed by atoms with Gasteiger partial charge < -0.3 is 36.3 Å². The number of benzene rings is 1. The van der Waals surface area contributed by atoms with Gasteiger partial charge in [0.2, 0.25) is 29.5 Å². The van der Waals surface area contributed by atoms with Crippen molar-refractivity contribution in [1.29, 1.82) is 0 Å². The Bertz CT molecular complexity index is 1420. The molecule has 44 heavy (non-hydrogen) atoms. The summed E-state index contributed by atoms with van der Waals surface area (Å²) < 4.78 is 0. The Morgan fingerprint density at radius 1 is 0.886 bits per heavy atom. The summed E-state index contributed by atoms with van der Waals surface area (Å²) in [7, 11) is 0. The number of carbonyl (C=O) groups excluding carboxylic acids is 5. The molecule has 238 valence electrons. The molecule has 6 N–H and O–H groups in total. The Balaban J connectivity index is 1.76. The van der Waals surface area contributed by atoms with Crippen LogP contribution in [0.1, 0.15) is 58.9 Å². The van der Waals surface area contributed by atoms with Crippen molar-refractivity contribution in [2.45, 2.75) is 90.0 Å². The van der Waals surface area contributed by atoms with Crippen molar-refractivity contribution in [1.82, 2.24) is 31.2 Å². The summed E-state index contributed by atoms with van der Waals surface area (Å²) in [6.07, 6.45) is 2.11. The number of carboxylic acids is 1. The summed E-state index contributed by atoms with van der Waals surface area (Å²) >= 11 is 0. The van der Waals surface area contributed by atoms with Gasteiger partial charge in [0.15, 0.2) is 0 Å². The minimum Gasteiger partial charge on any atom is -0.481 e. The van der Waals surface area contributed by atoms with E-state index in [9.17, 15) is 33.9 Å². The summed E-state index contributed by atoms with van der Waals surface area (Å²) in [5.41, 5.74) is 1.55. The second-order valence-corrected chi connectivity index (χ2v) is 12.4. The largest absolute Gasteiger partial charge is 0.481 e. The first-order valence-electron chi connectivity index (χ1n) is 15.1. The van der Waals surface area contributed by atoms with Crippen molar-refractivity contribution in [3.8, 4) is 0 Å².